The lowest BCUT2D eigenvalue weighted by atomic mass is 9.44. The van der Waals surface area contributed by atoms with Crippen LogP contribution in [0.25, 0.3) is 0 Å². The number of ketones is 1. The zero-order valence-electron chi connectivity index (χ0n) is 20.0. The summed E-state index contributed by atoms with van der Waals surface area (Å²) in [6.07, 6.45) is 6.07. The van der Waals surface area contributed by atoms with Crippen LogP contribution < -0.4 is 0 Å². The van der Waals surface area contributed by atoms with Crippen molar-refractivity contribution in [3.63, 3.8) is 0 Å². The van der Waals surface area contributed by atoms with Crippen molar-refractivity contribution in [1.29, 1.82) is 0 Å². The number of hydrogen-bond donors (Lipinski definition) is 1. The monoisotopic (exact) mass is 436 g/mol. The summed E-state index contributed by atoms with van der Waals surface area (Å²) in [6.45, 7) is 10.7. The molecule has 0 aliphatic heterocycles. The van der Waals surface area contributed by atoms with Crippen LogP contribution in [-0.2, 0) is 23.8 Å². The van der Waals surface area contributed by atoms with E-state index in [1.165, 1.54) is 6.08 Å². The molecule has 0 amide bonds. The Hall–Kier alpha value is -1.24. The molecule has 0 saturated heterocycles. The maximum Gasteiger partial charge on any atom is 0.330 e. The minimum atomic E-state index is -0.688. The van der Waals surface area contributed by atoms with Gasteiger partial charge in [-0.05, 0) is 49.9 Å². The van der Waals surface area contributed by atoms with Crippen LogP contribution in [0.3, 0.4) is 0 Å². The van der Waals surface area contributed by atoms with E-state index in [9.17, 15) is 14.7 Å². The standard InChI is InChI=1S/C25H40O6/c1-7-30-20(28)10-11-23(4)14-19(27)24(5)16(2)8-12-25(13-9-18(26)21(24)25)17(3)22(23)31-15-29-6/h10-11,16-17,19,21-22,27H,7-9,12-15H2,1-6H3/t16-,17+,19-,21?,22+,23-,24+,25?/m1/s1. The smallest absolute Gasteiger partial charge is 0.330 e. The normalized spacial score (nSPS) is 45.3. The maximum atomic E-state index is 13.2. The van der Waals surface area contributed by atoms with E-state index in [0.29, 0.717) is 19.4 Å². The van der Waals surface area contributed by atoms with Gasteiger partial charge >= 0.3 is 5.97 Å². The maximum absolute atomic E-state index is 13.2. The predicted molar refractivity (Wildman–Crippen MR) is 117 cm³/mol. The highest BCUT2D eigenvalue weighted by Crippen LogP contribution is 2.67. The largest absolute Gasteiger partial charge is 0.463 e. The third kappa shape index (κ3) is 3.89. The summed E-state index contributed by atoms with van der Waals surface area (Å²) in [4.78, 5) is 25.4. The van der Waals surface area contributed by atoms with Crippen molar-refractivity contribution in [3.05, 3.63) is 12.2 Å². The molecule has 2 bridgehead atoms. The SMILES string of the molecule is CCOC(=O)C=C[C@]1(C)C[C@@H](O)[C@@]2(C)C3C(=O)CCC3(CC[C@H]2C)[C@@H](C)[C@@H]1OCOC. The summed E-state index contributed by atoms with van der Waals surface area (Å²) in [5.74, 6) is 0.0299. The second-order valence-electron chi connectivity index (χ2n) is 10.5. The quantitative estimate of drug-likeness (QED) is 0.386. The summed E-state index contributed by atoms with van der Waals surface area (Å²) >= 11 is 0. The number of Topliss-reactive ketones (excluding diaryl/α,β-unsaturated/α-hetero) is 1. The van der Waals surface area contributed by atoms with Gasteiger partial charge in [0.25, 0.3) is 0 Å². The lowest BCUT2D eigenvalue weighted by Crippen LogP contribution is -2.62. The summed E-state index contributed by atoms with van der Waals surface area (Å²) in [7, 11) is 1.59. The van der Waals surface area contributed by atoms with Crippen molar-refractivity contribution >= 4 is 11.8 Å². The molecule has 1 N–H and O–H groups in total. The molecule has 0 aromatic carbocycles. The van der Waals surface area contributed by atoms with Gasteiger partial charge in [0, 0.05) is 36.4 Å². The molecule has 0 spiro atoms. The van der Waals surface area contributed by atoms with Crippen LogP contribution in [-0.4, -0.2) is 49.6 Å². The van der Waals surface area contributed by atoms with Crippen LogP contribution in [0.15, 0.2) is 12.2 Å². The van der Waals surface area contributed by atoms with Gasteiger partial charge in [0.2, 0.25) is 0 Å². The molecule has 0 radical (unpaired) electrons. The van der Waals surface area contributed by atoms with E-state index in [2.05, 4.69) is 20.8 Å². The average molecular weight is 437 g/mol. The Morgan fingerprint density at radius 1 is 1.26 bits per heavy atom. The van der Waals surface area contributed by atoms with E-state index >= 15 is 0 Å². The Kier molecular flexibility index (Phi) is 7.05. The van der Waals surface area contributed by atoms with Crippen molar-refractivity contribution < 1.29 is 28.9 Å². The fourth-order valence-electron chi connectivity index (χ4n) is 7.23. The van der Waals surface area contributed by atoms with Gasteiger partial charge in [0.05, 0.1) is 18.8 Å². The molecular weight excluding hydrogens is 396 g/mol. The number of esters is 1. The fraction of sp³-hybridized carbons (Fsp3) is 0.840. The van der Waals surface area contributed by atoms with Gasteiger partial charge in [-0.2, -0.15) is 0 Å². The van der Waals surface area contributed by atoms with Gasteiger partial charge in [0.15, 0.2) is 0 Å². The van der Waals surface area contributed by atoms with Crippen LogP contribution in [0.2, 0.25) is 0 Å². The number of carbonyl (C=O) groups excluding carboxylic acids is 2. The number of carbonyl (C=O) groups is 2. The molecule has 3 fully saturated rings. The molecule has 3 aliphatic carbocycles. The number of rotatable bonds is 6. The Morgan fingerprint density at radius 2 is 1.97 bits per heavy atom. The molecule has 0 heterocycles. The first-order chi connectivity index (χ1) is 14.6. The molecule has 0 aromatic heterocycles. The van der Waals surface area contributed by atoms with Crippen LogP contribution in [0.1, 0.15) is 66.7 Å². The van der Waals surface area contributed by atoms with Crippen molar-refractivity contribution in [3.8, 4) is 0 Å². The molecule has 6 heteroatoms. The average Bonchev–Trinajstić information content (AvgIpc) is 3.07. The van der Waals surface area contributed by atoms with Crippen LogP contribution in [0, 0.1) is 34.0 Å². The number of aliphatic hydroxyl groups excluding tert-OH is 1. The highest BCUT2D eigenvalue weighted by Gasteiger charge is 2.67. The van der Waals surface area contributed by atoms with E-state index in [4.69, 9.17) is 14.2 Å². The summed E-state index contributed by atoms with van der Waals surface area (Å²) in [5.41, 5.74) is -1.32. The van der Waals surface area contributed by atoms with E-state index in [1.807, 2.05) is 13.0 Å². The molecule has 3 rings (SSSR count). The van der Waals surface area contributed by atoms with Crippen molar-refractivity contribution in [2.45, 2.75) is 78.9 Å². The molecule has 6 nitrogen and oxygen atoms in total. The number of aliphatic hydroxyl groups is 1. The Bertz CT molecular complexity index is 719. The second-order valence-corrected chi connectivity index (χ2v) is 10.5. The van der Waals surface area contributed by atoms with Crippen molar-refractivity contribution in [2.75, 3.05) is 20.5 Å². The summed E-state index contributed by atoms with van der Waals surface area (Å²) < 4.78 is 16.6. The Morgan fingerprint density at radius 3 is 2.61 bits per heavy atom. The highest BCUT2D eigenvalue weighted by atomic mass is 16.7. The molecule has 3 aliphatic rings. The molecule has 2 unspecified atom stereocenters. The van der Waals surface area contributed by atoms with E-state index in [1.54, 1.807) is 14.0 Å². The summed E-state index contributed by atoms with van der Waals surface area (Å²) in [5, 5.41) is 11.7. The van der Waals surface area contributed by atoms with Crippen LogP contribution >= 0.6 is 0 Å². The van der Waals surface area contributed by atoms with E-state index in [0.717, 1.165) is 19.3 Å². The zero-order valence-corrected chi connectivity index (χ0v) is 20.0. The molecule has 31 heavy (non-hydrogen) atoms. The van der Waals surface area contributed by atoms with Gasteiger partial charge in [-0.1, -0.05) is 33.8 Å². The topological polar surface area (TPSA) is 82.1 Å². The predicted octanol–water partition coefficient (Wildman–Crippen LogP) is 3.90. The third-order valence-corrected chi connectivity index (χ3v) is 9.07. The van der Waals surface area contributed by atoms with E-state index in [-0.39, 0.29) is 41.8 Å². The minimum absolute atomic E-state index is 0.0651. The number of ether oxygens (including phenoxy) is 3. The number of hydrogen-bond acceptors (Lipinski definition) is 6. The van der Waals surface area contributed by atoms with Gasteiger partial charge < -0.3 is 19.3 Å². The molecule has 8 atom stereocenters. The van der Waals surface area contributed by atoms with Crippen LogP contribution in [0.5, 0.6) is 0 Å². The molecule has 0 aromatic rings. The van der Waals surface area contributed by atoms with E-state index < -0.39 is 22.9 Å². The van der Waals surface area contributed by atoms with Crippen LogP contribution in [0.4, 0.5) is 0 Å². The second kappa shape index (κ2) is 8.95. The number of methoxy groups -OCH3 is 1. The van der Waals surface area contributed by atoms with Gasteiger partial charge in [0.1, 0.15) is 12.6 Å². The lowest BCUT2D eigenvalue weighted by Gasteiger charge is -2.62. The molecule has 176 valence electrons. The van der Waals surface area contributed by atoms with Crippen molar-refractivity contribution in [1.82, 2.24) is 0 Å². The van der Waals surface area contributed by atoms with Gasteiger partial charge in [-0.25, -0.2) is 4.79 Å². The fourth-order valence-corrected chi connectivity index (χ4v) is 7.23. The Labute approximate surface area is 186 Å². The molecular formula is C25H40O6. The van der Waals surface area contributed by atoms with Crippen molar-refractivity contribution in [2.24, 2.45) is 34.0 Å². The third-order valence-electron chi connectivity index (χ3n) is 9.07. The first-order valence-corrected chi connectivity index (χ1v) is 11.7. The van der Waals surface area contributed by atoms with Gasteiger partial charge in [-0.15, -0.1) is 0 Å². The minimum Gasteiger partial charge on any atom is -0.463 e. The lowest BCUT2D eigenvalue weighted by molar-refractivity contribution is -0.214. The summed E-state index contributed by atoms with van der Waals surface area (Å²) in [6, 6.07) is 0. The first kappa shape index (κ1) is 24.4. The Balaban J connectivity index is 2.12. The zero-order chi connectivity index (χ0) is 23.0. The first-order valence-electron chi connectivity index (χ1n) is 11.7. The molecule has 3 saturated carbocycles. The highest BCUT2D eigenvalue weighted by molar-refractivity contribution is 5.85. The van der Waals surface area contributed by atoms with Gasteiger partial charge in [-0.3, -0.25) is 4.79 Å².